The number of piperidine rings is 1. The molecule has 1 aliphatic heterocycles. The Hall–Kier alpha value is -0.610. The average molecular weight is 225 g/mol. The lowest BCUT2D eigenvalue weighted by Crippen LogP contribution is -2.45. The summed E-state index contributed by atoms with van der Waals surface area (Å²) in [5.41, 5.74) is 0. The fraction of sp³-hybridized carbons (Fsp3) is 0.917. The Morgan fingerprint density at radius 3 is 2.50 bits per heavy atom. The van der Waals surface area contributed by atoms with Crippen molar-refractivity contribution in [3.8, 4) is 0 Å². The molecule has 0 bridgehead atoms. The maximum atomic E-state index is 11.5. The van der Waals surface area contributed by atoms with Crippen LogP contribution in [-0.4, -0.2) is 49.6 Å². The minimum absolute atomic E-state index is 0.194. The van der Waals surface area contributed by atoms with Crippen LogP contribution < -0.4 is 10.6 Å². The van der Waals surface area contributed by atoms with E-state index in [-0.39, 0.29) is 5.91 Å². The highest BCUT2D eigenvalue weighted by Gasteiger charge is 2.31. The van der Waals surface area contributed by atoms with Crippen molar-refractivity contribution in [1.29, 1.82) is 0 Å². The van der Waals surface area contributed by atoms with Crippen LogP contribution in [0.1, 0.15) is 32.1 Å². The normalized spacial score (nSPS) is 23.3. The third-order valence-electron chi connectivity index (χ3n) is 3.56. The van der Waals surface area contributed by atoms with Crippen molar-refractivity contribution in [2.45, 2.75) is 44.2 Å². The SMILES string of the molecule is CNCCC(=O)NC1CCN(C2CC2)CC1. The summed E-state index contributed by atoms with van der Waals surface area (Å²) in [5, 5.41) is 6.12. The zero-order chi connectivity index (χ0) is 11.4. The second kappa shape index (κ2) is 5.64. The number of likely N-dealkylation sites (tertiary alicyclic amines) is 1. The smallest absolute Gasteiger partial charge is 0.221 e. The predicted molar refractivity (Wildman–Crippen MR) is 64.3 cm³/mol. The summed E-state index contributed by atoms with van der Waals surface area (Å²) >= 11 is 0. The topological polar surface area (TPSA) is 44.4 Å². The summed E-state index contributed by atoms with van der Waals surface area (Å²) in [4.78, 5) is 14.1. The lowest BCUT2D eigenvalue weighted by atomic mass is 10.0. The molecule has 0 radical (unpaired) electrons. The molecule has 1 heterocycles. The lowest BCUT2D eigenvalue weighted by molar-refractivity contribution is -0.122. The number of hydrogen-bond acceptors (Lipinski definition) is 3. The molecule has 1 amide bonds. The van der Waals surface area contributed by atoms with E-state index in [9.17, 15) is 4.79 Å². The van der Waals surface area contributed by atoms with Crippen LogP contribution in [-0.2, 0) is 4.79 Å². The van der Waals surface area contributed by atoms with Gasteiger partial charge < -0.3 is 15.5 Å². The van der Waals surface area contributed by atoms with E-state index in [1.54, 1.807) is 0 Å². The molecule has 0 aromatic rings. The van der Waals surface area contributed by atoms with Gasteiger partial charge in [0.1, 0.15) is 0 Å². The number of hydrogen-bond donors (Lipinski definition) is 2. The van der Waals surface area contributed by atoms with Gasteiger partial charge in [-0.15, -0.1) is 0 Å². The van der Waals surface area contributed by atoms with Crippen LogP contribution in [0.3, 0.4) is 0 Å². The van der Waals surface area contributed by atoms with Crippen molar-refractivity contribution in [2.75, 3.05) is 26.7 Å². The van der Waals surface area contributed by atoms with E-state index in [0.717, 1.165) is 25.4 Å². The van der Waals surface area contributed by atoms with Crippen LogP contribution in [0.15, 0.2) is 0 Å². The van der Waals surface area contributed by atoms with Gasteiger partial charge in [-0.3, -0.25) is 4.79 Å². The first-order chi connectivity index (χ1) is 7.79. The van der Waals surface area contributed by atoms with Gasteiger partial charge in [0.2, 0.25) is 5.91 Å². The summed E-state index contributed by atoms with van der Waals surface area (Å²) in [7, 11) is 1.88. The molecule has 0 unspecified atom stereocenters. The first kappa shape index (κ1) is 11.9. The first-order valence-corrected chi connectivity index (χ1v) is 6.47. The highest BCUT2D eigenvalue weighted by atomic mass is 16.1. The van der Waals surface area contributed by atoms with E-state index in [0.29, 0.717) is 12.5 Å². The Labute approximate surface area is 97.8 Å². The van der Waals surface area contributed by atoms with Crippen LogP contribution in [0.4, 0.5) is 0 Å². The third-order valence-corrected chi connectivity index (χ3v) is 3.56. The molecule has 2 fully saturated rings. The van der Waals surface area contributed by atoms with Crippen LogP contribution in [0.5, 0.6) is 0 Å². The van der Waals surface area contributed by atoms with Crippen molar-refractivity contribution in [3.05, 3.63) is 0 Å². The Kier molecular flexibility index (Phi) is 4.18. The number of carbonyl (C=O) groups excluding carboxylic acids is 1. The van der Waals surface area contributed by atoms with E-state index in [2.05, 4.69) is 15.5 Å². The second-order valence-electron chi connectivity index (χ2n) is 4.96. The predicted octanol–water partition coefficient (Wildman–Crippen LogP) is 0.339. The van der Waals surface area contributed by atoms with Gasteiger partial charge in [0.15, 0.2) is 0 Å². The van der Waals surface area contributed by atoms with E-state index in [1.165, 1.54) is 25.9 Å². The van der Waals surface area contributed by atoms with Gasteiger partial charge in [0, 0.05) is 38.1 Å². The molecule has 0 spiro atoms. The van der Waals surface area contributed by atoms with Crippen molar-refractivity contribution in [3.63, 3.8) is 0 Å². The zero-order valence-corrected chi connectivity index (χ0v) is 10.2. The Morgan fingerprint density at radius 1 is 1.25 bits per heavy atom. The van der Waals surface area contributed by atoms with Crippen molar-refractivity contribution >= 4 is 5.91 Å². The first-order valence-electron chi connectivity index (χ1n) is 6.47. The van der Waals surface area contributed by atoms with E-state index >= 15 is 0 Å². The van der Waals surface area contributed by atoms with Gasteiger partial charge >= 0.3 is 0 Å². The third kappa shape index (κ3) is 3.46. The molecule has 1 aliphatic carbocycles. The number of nitrogens with one attached hydrogen (secondary N) is 2. The largest absolute Gasteiger partial charge is 0.353 e. The average Bonchev–Trinajstić information content (AvgIpc) is 3.11. The molecule has 2 aliphatic rings. The highest BCUT2D eigenvalue weighted by molar-refractivity contribution is 5.76. The minimum atomic E-state index is 0.194. The number of nitrogens with zero attached hydrogens (tertiary/aromatic N) is 1. The molecule has 4 nitrogen and oxygen atoms in total. The monoisotopic (exact) mass is 225 g/mol. The number of amides is 1. The quantitative estimate of drug-likeness (QED) is 0.709. The Morgan fingerprint density at radius 2 is 1.94 bits per heavy atom. The fourth-order valence-corrected chi connectivity index (χ4v) is 2.39. The standard InChI is InChI=1S/C12H23N3O/c1-13-7-4-12(16)14-10-5-8-15(9-6-10)11-2-3-11/h10-11,13H,2-9H2,1H3,(H,14,16). The number of carbonyl (C=O) groups is 1. The molecule has 0 aromatic heterocycles. The molecular weight excluding hydrogens is 202 g/mol. The summed E-state index contributed by atoms with van der Waals surface area (Å²) < 4.78 is 0. The molecule has 2 N–H and O–H groups in total. The van der Waals surface area contributed by atoms with Gasteiger partial charge in [-0.05, 0) is 32.7 Å². The molecule has 1 saturated carbocycles. The summed E-state index contributed by atoms with van der Waals surface area (Å²) in [5.74, 6) is 0.194. The van der Waals surface area contributed by atoms with Gasteiger partial charge in [-0.2, -0.15) is 0 Å². The van der Waals surface area contributed by atoms with Crippen molar-refractivity contribution < 1.29 is 4.79 Å². The molecule has 0 aromatic carbocycles. The second-order valence-corrected chi connectivity index (χ2v) is 4.96. The summed E-state index contributed by atoms with van der Waals surface area (Å²) in [6.45, 7) is 3.11. The zero-order valence-electron chi connectivity index (χ0n) is 10.2. The molecule has 1 saturated heterocycles. The van der Waals surface area contributed by atoms with Gasteiger partial charge in [-0.1, -0.05) is 0 Å². The van der Waals surface area contributed by atoms with E-state index < -0.39 is 0 Å². The Balaban J connectivity index is 1.62. The van der Waals surface area contributed by atoms with Crippen molar-refractivity contribution in [2.24, 2.45) is 0 Å². The maximum Gasteiger partial charge on any atom is 0.221 e. The van der Waals surface area contributed by atoms with Crippen LogP contribution in [0, 0.1) is 0 Å². The molecular formula is C12H23N3O. The van der Waals surface area contributed by atoms with E-state index in [4.69, 9.17) is 0 Å². The maximum absolute atomic E-state index is 11.5. The van der Waals surface area contributed by atoms with Crippen molar-refractivity contribution in [1.82, 2.24) is 15.5 Å². The summed E-state index contributed by atoms with van der Waals surface area (Å²) in [6, 6.07) is 1.29. The van der Waals surface area contributed by atoms with E-state index in [1.807, 2.05) is 7.05 Å². The fourth-order valence-electron chi connectivity index (χ4n) is 2.39. The highest BCUT2D eigenvalue weighted by Crippen LogP contribution is 2.29. The molecule has 0 atom stereocenters. The van der Waals surface area contributed by atoms with Crippen LogP contribution in [0.2, 0.25) is 0 Å². The number of rotatable bonds is 5. The van der Waals surface area contributed by atoms with Gasteiger partial charge in [-0.25, -0.2) is 0 Å². The summed E-state index contributed by atoms with van der Waals surface area (Å²) in [6.07, 6.45) is 5.63. The minimum Gasteiger partial charge on any atom is -0.353 e. The lowest BCUT2D eigenvalue weighted by Gasteiger charge is -2.32. The molecule has 4 heteroatoms. The van der Waals surface area contributed by atoms with Crippen LogP contribution >= 0.6 is 0 Å². The Bertz CT molecular complexity index is 232. The molecule has 92 valence electrons. The van der Waals surface area contributed by atoms with Crippen LogP contribution in [0.25, 0.3) is 0 Å². The molecule has 2 rings (SSSR count). The van der Waals surface area contributed by atoms with Gasteiger partial charge in [0.05, 0.1) is 0 Å². The van der Waals surface area contributed by atoms with Gasteiger partial charge in [0.25, 0.3) is 0 Å². The molecule has 16 heavy (non-hydrogen) atoms.